The lowest BCUT2D eigenvalue weighted by atomic mass is 10.2. The molecular weight excluding hydrogens is 498 g/mol. The lowest BCUT2D eigenvalue weighted by Crippen LogP contribution is -2.20. The molecule has 2 aromatic heterocycles. The number of methoxy groups -OCH3 is 1. The van der Waals surface area contributed by atoms with Crippen LogP contribution in [0.15, 0.2) is 34.3 Å². The van der Waals surface area contributed by atoms with E-state index in [9.17, 15) is 26.4 Å². The molecule has 182 valence electrons. The molecule has 0 atom stereocenters. The molecule has 0 unspecified atom stereocenters. The molecule has 2 aromatic rings. The van der Waals surface area contributed by atoms with Crippen molar-refractivity contribution in [1.29, 1.82) is 0 Å². The highest BCUT2D eigenvalue weighted by Gasteiger charge is 2.17. The third-order valence-electron chi connectivity index (χ3n) is 3.94. The second-order valence-corrected chi connectivity index (χ2v) is 11.1. The van der Waals surface area contributed by atoms with E-state index in [0.717, 1.165) is 31.1 Å². The number of hydrogen-bond donors (Lipinski definition) is 1. The van der Waals surface area contributed by atoms with Gasteiger partial charge in [-0.15, -0.1) is 0 Å². The first kappa shape index (κ1) is 28.3. The van der Waals surface area contributed by atoms with E-state index in [1.165, 1.54) is 19.2 Å². The number of ether oxygens (including phenoxy) is 1. The second-order valence-electron chi connectivity index (χ2n) is 6.83. The summed E-state index contributed by atoms with van der Waals surface area (Å²) in [4.78, 5) is 31.4. The number of aromatic carboxylic acids is 1. The molecule has 14 heteroatoms. The predicted octanol–water partition coefficient (Wildman–Crippen LogP) is 1.95. The summed E-state index contributed by atoms with van der Waals surface area (Å²) in [6.45, 7) is 2.63. The molecule has 0 saturated carbocycles. The van der Waals surface area contributed by atoms with Gasteiger partial charge < -0.3 is 14.7 Å². The Morgan fingerprint density at radius 1 is 1.00 bits per heavy atom. The minimum Gasteiger partial charge on any atom is -0.478 e. The highest BCUT2D eigenvalue weighted by molar-refractivity contribution is 7.90. The van der Waals surface area contributed by atoms with Crippen LogP contribution in [0.25, 0.3) is 0 Å². The summed E-state index contributed by atoms with van der Waals surface area (Å²) in [5, 5.41) is 8.42. The van der Waals surface area contributed by atoms with Gasteiger partial charge in [0.25, 0.3) is 0 Å². The van der Waals surface area contributed by atoms with Gasteiger partial charge in [0, 0.05) is 26.1 Å². The number of anilines is 1. The van der Waals surface area contributed by atoms with Crippen LogP contribution in [0.4, 0.5) is 5.82 Å². The van der Waals surface area contributed by atoms with Crippen molar-refractivity contribution in [2.45, 2.75) is 23.4 Å². The topological polar surface area (TPSA) is 161 Å². The van der Waals surface area contributed by atoms with Crippen LogP contribution in [0.3, 0.4) is 0 Å². The lowest BCUT2D eigenvalue weighted by Gasteiger charge is -2.18. The summed E-state index contributed by atoms with van der Waals surface area (Å²) in [6.07, 6.45) is 2.83. The van der Waals surface area contributed by atoms with E-state index in [2.05, 4.69) is 14.7 Å². The lowest BCUT2D eigenvalue weighted by molar-refractivity contribution is 0.0599. The fourth-order valence-electron chi connectivity index (χ4n) is 2.35. The van der Waals surface area contributed by atoms with Crippen LogP contribution in [0, 0.1) is 0 Å². The largest absolute Gasteiger partial charge is 0.478 e. The summed E-state index contributed by atoms with van der Waals surface area (Å²) in [7, 11) is -4.09. The number of esters is 1. The molecule has 1 N–H and O–H groups in total. The number of sulfone groups is 2. The molecule has 0 aliphatic rings. The van der Waals surface area contributed by atoms with Crippen molar-refractivity contribution < 1.29 is 36.3 Å². The fourth-order valence-corrected chi connectivity index (χ4v) is 3.81. The number of carboxylic acids is 1. The number of halogens is 1. The maximum absolute atomic E-state index is 11.5. The summed E-state index contributed by atoms with van der Waals surface area (Å²) in [5.41, 5.74) is -0.0266. The third kappa shape index (κ3) is 8.59. The number of nitrogens with zero attached hydrogens (tertiary/aromatic N) is 3. The van der Waals surface area contributed by atoms with Crippen LogP contribution >= 0.6 is 11.6 Å². The van der Waals surface area contributed by atoms with E-state index in [0.29, 0.717) is 12.4 Å². The van der Waals surface area contributed by atoms with Gasteiger partial charge >= 0.3 is 11.9 Å². The van der Waals surface area contributed by atoms with Crippen LogP contribution < -0.4 is 4.90 Å². The average Bonchev–Trinajstić information content (AvgIpc) is 2.71. The Hall–Kier alpha value is -2.77. The summed E-state index contributed by atoms with van der Waals surface area (Å²) in [5.74, 6) is -1.49. The first-order valence-electron chi connectivity index (χ1n) is 9.22. The Kier molecular flexibility index (Phi) is 9.75. The van der Waals surface area contributed by atoms with Gasteiger partial charge in [-0.25, -0.2) is 36.4 Å². The Balaban J connectivity index is 0.000000335. The maximum Gasteiger partial charge on any atom is 0.338 e. The zero-order valence-electron chi connectivity index (χ0n) is 18.6. The van der Waals surface area contributed by atoms with E-state index >= 15 is 0 Å². The number of pyridine rings is 2. The van der Waals surface area contributed by atoms with Gasteiger partial charge in [0.15, 0.2) is 29.7 Å². The molecule has 0 aliphatic heterocycles. The quantitative estimate of drug-likeness (QED) is 0.418. The number of rotatable bonds is 7. The zero-order valence-corrected chi connectivity index (χ0v) is 21.0. The van der Waals surface area contributed by atoms with E-state index in [-0.39, 0.29) is 26.3 Å². The Labute approximate surface area is 197 Å². The Bertz CT molecular complexity index is 1250. The Morgan fingerprint density at radius 2 is 1.52 bits per heavy atom. The molecule has 0 amide bonds. The standard InChI is InChI=1S/C11H16N2O4S.C8H8ClNO4S/c1-4-5-13(2)9-6-8(11(14)15)7-10(12-9)18(3,16)17;1-14-8(11)5-3-6(9)10-7(4-5)15(2,12)13/h6-7H,4-5H2,1-3H3,(H,14,15);3-4H,1-2H3. The number of aromatic nitrogens is 2. The molecule has 0 bridgehead atoms. The van der Waals surface area contributed by atoms with Gasteiger partial charge in [0.1, 0.15) is 11.0 Å². The van der Waals surface area contributed by atoms with Gasteiger partial charge in [0.2, 0.25) is 0 Å². The van der Waals surface area contributed by atoms with E-state index in [4.69, 9.17) is 16.7 Å². The van der Waals surface area contributed by atoms with Crippen molar-refractivity contribution >= 4 is 49.0 Å². The maximum atomic E-state index is 11.5. The monoisotopic (exact) mass is 521 g/mol. The average molecular weight is 522 g/mol. The predicted molar refractivity (Wildman–Crippen MR) is 122 cm³/mol. The highest BCUT2D eigenvalue weighted by atomic mass is 35.5. The minimum absolute atomic E-state index is 0.0536. The molecule has 0 aromatic carbocycles. The van der Waals surface area contributed by atoms with Gasteiger partial charge in [-0.05, 0) is 30.7 Å². The molecule has 0 radical (unpaired) electrons. The van der Waals surface area contributed by atoms with Crippen molar-refractivity contribution in [3.05, 3.63) is 40.5 Å². The van der Waals surface area contributed by atoms with Crippen LogP contribution in [-0.4, -0.2) is 77.1 Å². The summed E-state index contributed by atoms with van der Waals surface area (Å²) < 4.78 is 49.7. The number of carbonyl (C=O) groups is 2. The normalized spacial score (nSPS) is 11.2. The first-order chi connectivity index (χ1) is 15.1. The van der Waals surface area contributed by atoms with Crippen molar-refractivity contribution in [2.24, 2.45) is 0 Å². The highest BCUT2D eigenvalue weighted by Crippen LogP contribution is 2.18. The van der Waals surface area contributed by atoms with Crippen LogP contribution in [0.2, 0.25) is 5.15 Å². The van der Waals surface area contributed by atoms with Gasteiger partial charge in [-0.3, -0.25) is 0 Å². The van der Waals surface area contributed by atoms with Crippen molar-refractivity contribution in [3.8, 4) is 0 Å². The summed E-state index contributed by atoms with van der Waals surface area (Å²) >= 11 is 5.57. The van der Waals surface area contributed by atoms with Crippen LogP contribution in [0.5, 0.6) is 0 Å². The molecular formula is C19H24ClN3O8S2. The summed E-state index contributed by atoms with van der Waals surface area (Å²) in [6, 6.07) is 4.79. The molecule has 0 aliphatic carbocycles. The molecule has 33 heavy (non-hydrogen) atoms. The van der Waals surface area contributed by atoms with Crippen molar-refractivity contribution in [1.82, 2.24) is 9.97 Å². The van der Waals surface area contributed by atoms with Gasteiger partial charge in [0.05, 0.1) is 18.2 Å². The molecule has 2 rings (SSSR count). The molecule has 0 fully saturated rings. The molecule has 0 saturated heterocycles. The zero-order chi connectivity index (χ0) is 25.6. The fraction of sp³-hybridized carbons (Fsp3) is 0.368. The minimum atomic E-state index is -3.53. The van der Waals surface area contributed by atoms with Gasteiger partial charge in [-0.1, -0.05) is 18.5 Å². The van der Waals surface area contributed by atoms with Crippen molar-refractivity contribution in [2.75, 3.05) is 38.1 Å². The number of carbonyl (C=O) groups excluding carboxylic acids is 1. The number of hydrogen-bond acceptors (Lipinski definition) is 10. The second kappa shape index (κ2) is 11.4. The van der Waals surface area contributed by atoms with Crippen LogP contribution in [0.1, 0.15) is 34.1 Å². The van der Waals surface area contributed by atoms with Crippen LogP contribution in [-0.2, 0) is 24.4 Å². The third-order valence-corrected chi connectivity index (χ3v) is 6.07. The number of carboxylic acid groups (broad SMARTS) is 1. The van der Waals surface area contributed by atoms with Gasteiger partial charge in [-0.2, -0.15) is 0 Å². The van der Waals surface area contributed by atoms with E-state index < -0.39 is 31.6 Å². The molecule has 11 nitrogen and oxygen atoms in total. The van der Waals surface area contributed by atoms with Crippen molar-refractivity contribution in [3.63, 3.8) is 0 Å². The molecule has 2 heterocycles. The smallest absolute Gasteiger partial charge is 0.338 e. The Morgan fingerprint density at radius 3 is 1.97 bits per heavy atom. The SMILES string of the molecule is CCCN(C)c1cc(C(=O)O)cc(S(C)(=O)=O)n1.COC(=O)c1cc(Cl)nc(S(C)(=O)=O)c1. The first-order valence-corrected chi connectivity index (χ1v) is 13.4. The molecule has 0 spiro atoms. The van der Waals surface area contributed by atoms with E-state index in [1.54, 1.807) is 11.9 Å². The van der Waals surface area contributed by atoms with E-state index in [1.807, 2.05) is 6.92 Å².